The Bertz CT molecular complexity index is 631. The quantitative estimate of drug-likeness (QED) is 0.803. The molecule has 0 radical (unpaired) electrons. The molecule has 5 heteroatoms. The van der Waals surface area contributed by atoms with E-state index >= 15 is 0 Å². The van der Waals surface area contributed by atoms with Gasteiger partial charge < -0.3 is 9.47 Å². The maximum atomic E-state index is 14.0. The molecule has 2 rings (SSSR count). The van der Waals surface area contributed by atoms with Crippen molar-refractivity contribution < 1.29 is 23.0 Å². The van der Waals surface area contributed by atoms with Crippen molar-refractivity contribution >= 4 is 6.29 Å². The average Bonchev–Trinajstić information content (AvgIpc) is 2.46. The summed E-state index contributed by atoms with van der Waals surface area (Å²) in [6.45, 7) is 0. The third-order valence-electron chi connectivity index (χ3n) is 2.90. The fourth-order valence-corrected chi connectivity index (χ4v) is 1.93. The molecule has 0 saturated heterocycles. The van der Waals surface area contributed by atoms with E-state index in [4.69, 9.17) is 9.47 Å². The Labute approximate surface area is 114 Å². The van der Waals surface area contributed by atoms with E-state index in [0.29, 0.717) is 12.0 Å². The molecule has 3 nitrogen and oxygen atoms in total. The van der Waals surface area contributed by atoms with E-state index in [2.05, 4.69) is 0 Å². The lowest BCUT2D eigenvalue weighted by molar-refractivity contribution is 0.112. The Balaban J connectivity index is 2.60. The summed E-state index contributed by atoms with van der Waals surface area (Å²) < 4.78 is 37.7. The van der Waals surface area contributed by atoms with Crippen LogP contribution in [0.15, 0.2) is 30.3 Å². The van der Waals surface area contributed by atoms with E-state index in [1.54, 1.807) is 0 Å². The fourth-order valence-electron chi connectivity index (χ4n) is 1.93. The molecule has 0 atom stereocenters. The van der Waals surface area contributed by atoms with Gasteiger partial charge in [0.15, 0.2) is 6.29 Å². The van der Waals surface area contributed by atoms with Gasteiger partial charge in [-0.3, -0.25) is 4.79 Å². The summed E-state index contributed by atoms with van der Waals surface area (Å²) >= 11 is 0. The number of ether oxygens (including phenoxy) is 2. The lowest BCUT2D eigenvalue weighted by Crippen LogP contribution is -1.96. The first kappa shape index (κ1) is 14.0. The summed E-state index contributed by atoms with van der Waals surface area (Å²) in [6, 6.07) is 6.52. The SMILES string of the molecule is COc1cc(F)c(-c2ccc(OC)c(C=O)c2)c(F)c1. The smallest absolute Gasteiger partial charge is 0.153 e. The Kier molecular flexibility index (Phi) is 3.98. The number of carbonyl (C=O) groups excluding carboxylic acids is 1. The van der Waals surface area contributed by atoms with Gasteiger partial charge in [0.1, 0.15) is 23.1 Å². The van der Waals surface area contributed by atoms with Crippen molar-refractivity contribution in [3.8, 4) is 22.6 Å². The van der Waals surface area contributed by atoms with Crippen LogP contribution in [0.5, 0.6) is 11.5 Å². The molecule has 0 aliphatic rings. The minimum absolute atomic E-state index is 0.0906. The number of carbonyl (C=O) groups is 1. The summed E-state index contributed by atoms with van der Waals surface area (Å²) in [5.74, 6) is -1.08. The number of benzene rings is 2. The maximum absolute atomic E-state index is 14.0. The molecule has 0 aliphatic heterocycles. The Morgan fingerprint density at radius 2 is 1.65 bits per heavy atom. The van der Waals surface area contributed by atoms with E-state index < -0.39 is 11.6 Å². The lowest BCUT2D eigenvalue weighted by atomic mass is 10.0. The highest BCUT2D eigenvalue weighted by molar-refractivity contribution is 5.83. The molecule has 0 spiro atoms. The molecule has 0 amide bonds. The highest BCUT2D eigenvalue weighted by Gasteiger charge is 2.15. The molecule has 0 heterocycles. The van der Waals surface area contributed by atoms with E-state index in [0.717, 1.165) is 12.1 Å². The third kappa shape index (κ3) is 2.47. The standard InChI is InChI=1S/C15H12F2O3/c1-19-11-6-12(16)15(13(17)7-11)9-3-4-14(20-2)10(5-9)8-18/h3-8H,1-2H3. The Morgan fingerprint density at radius 3 is 2.15 bits per heavy atom. The Hall–Kier alpha value is -2.43. The average molecular weight is 278 g/mol. The molecule has 0 N–H and O–H groups in total. The van der Waals surface area contributed by atoms with Crippen molar-refractivity contribution in [2.24, 2.45) is 0 Å². The van der Waals surface area contributed by atoms with Crippen molar-refractivity contribution in [1.82, 2.24) is 0 Å². The summed E-state index contributed by atoms with van der Waals surface area (Å²) in [6.07, 6.45) is 0.571. The molecule has 0 fully saturated rings. The summed E-state index contributed by atoms with van der Waals surface area (Å²) in [5.41, 5.74) is 0.265. The fraction of sp³-hybridized carbons (Fsp3) is 0.133. The van der Waals surface area contributed by atoms with Crippen molar-refractivity contribution in [2.75, 3.05) is 14.2 Å². The first-order chi connectivity index (χ1) is 9.60. The van der Waals surface area contributed by atoms with Crippen LogP contribution in [-0.2, 0) is 0 Å². The van der Waals surface area contributed by atoms with Gasteiger partial charge in [0.25, 0.3) is 0 Å². The predicted octanol–water partition coefficient (Wildman–Crippen LogP) is 3.46. The van der Waals surface area contributed by atoms with Gasteiger partial charge in [-0.15, -0.1) is 0 Å². The van der Waals surface area contributed by atoms with Gasteiger partial charge in [-0.25, -0.2) is 8.78 Å². The topological polar surface area (TPSA) is 35.5 Å². The predicted molar refractivity (Wildman–Crippen MR) is 70.3 cm³/mol. The highest BCUT2D eigenvalue weighted by Crippen LogP contribution is 2.32. The first-order valence-electron chi connectivity index (χ1n) is 5.77. The van der Waals surface area contributed by atoms with Gasteiger partial charge >= 0.3 is 0 Å². The highest BCUT2D eigenvalue weighted by atomic mass is 19.1. The molecule has 2 aromatic rings. The Morgan fingerprint density at radius 1 is 1.00 bits per heavy atom. The van der Waals surface area contributed by atoms with Crippen molar-refractivity contribution in [3.63, 3.8) is 0 Å². The zero-order valence-corrected chi connectivity index (χ0v) is 10.9. The number of hydrogen-bond donors (Lipinski definition) is 0. The molecule has 0 unspecified atom stereocenters. The van der Waals surface area contributed by atoms with Gasteiger partial charge in [-0.2, -0.15) is 0 Å². The van der Waals surface area contributed by atoms with Crippen LogP contribution in [0.1, 0.15) is 10.4 Å². The van der Waals surface area contributed by atoms with Crippen LogP contribution < -0.4 is 9.47 Å². The van der Waals surface area contributed by atoms with Crippen molar-refractivity contribution in [3.05, 3.63) is 47.5 Å². The van der Waals surface area contributed by atoms with Gasteiger partial charge in [0.2, 0.25) is 0 Å². The van der Waals surface area contributed by atoms with Gasteiger partial charge in [0.05, 0.1) is 25.3 Å². The number of rotatable bonds is 4. The zero-order valence-electron chi connectivity index (χ0n) is 10.9. The van der Waals surface area contributed by atoms with Gasteiger partial charge in [-0.1, -0.05) is 6.07 Å². The molecule has 0 aliphatic carbocycles. The van der Waals surface area contributed by atoms with Crippen LogP contribution in [0.25, 0.3) is 11.1 Å². The van der Waals surface area contributed by atoms with E-state index in [-0.39, 0.29) is 22.4 Å². The first-order valence-corrected chi connectivity index (χ1v) is 5.77. The lowest BCUT2D eigenvalue weighted by Gasteiger charge is -2.10. The number of aldehydes is 1. The molecule has 0 aromatic heterocycles. The minimum atomic E-state index is -0.760. The molecular formula is C15H12F2O3. The van der Waals surface area contributed by atoms with Crippen LogP contribution in [0.3, 0.4) is 0 Å². The van der Waals surface area contributed by atoms with Gasteiger partial charge in [0, 0.05) is 12.1 Å². The molecule has 0 bridgehead atoms. The van der Waals surface area contributed by atoms with Crippen LogP contribution in [-0.4, -0.2) is 20.5 Å². The summed E-state index contributed by atoms with van der Waals surface area (Å²) in [7, 11) is 2.74. The number of halogens is 2. The van der Waals surface area contributed by atoms with Crippen molar-refractivity contribution in [1.29, 1.82) is 0 Å². The van der Waals surface area contributed by atoms with E-state index in [1.165, 1.54) is 32.4 Å². The number of hydrogen-bond acceptors (Lipinski definition) is 3. The second-order valence-electron chi connectivity index (χ2n) is 4.04. The molecular weight excluding hydrogens is 266 g/mol. The summed E-state index contributed by atoms with van der Waals surface area (Å²) in [5, 5.41) is 0. The van der Waals surface area contributed by atoms with Crippen LogP contribution in [0.4, 0.5) is 8.78 Å². The normalized spacial score (nSPS) is 10.2. The number of methoxy groups -OCH3 is 2. The van der Waals surface area contributed by atoms with Crippen LogP contribution >= 0.6 is 0 Å². The van der Waals surface area contributed by atoms with Crippen LogP contribution in [0, 0.1) is 11.6 Å². The minimum Gasteiger partial charge on any atom is -0.497 e. The zero-order chi connectivity index (χ0) is 14.7. The van der Waals surface area contributed by atoms with Crippen molar-refractivity contribution in [2.45, 2.75) is 0 Å². The maximum Gasteiger partial charge on any atom is 0.153 e. The van der Waals surface area contributed by atoms with Crippen LogP contribution in [0.2, 0.25) is 0 Å². The van der Waals surface area contributed by atoms with E-state index in [9.17, 15) is 13.6 Å². The largest absolute Gasteiger partial charge is 0.497 e. The molecule has 20 heavy (non-hydrogen) atoms. The molecule has 104 valence electrons. The van der Waals surface area contributed by atoms with E-state index in [1.807, 2.05) is 0 Å². The second-order valence-corrected chi connectivity index (χ2v) is 4.04. The summed E-state index contributed by atoms with van der Waals surface area (Å²) in [4.78, 5) is 11.0. The van der Waals surface area contributed by atoms with Gasteiger partial charge in [-0.05, 0) is 17.7 Å². The molecule has 2 aromatic carbocycles. The molecule has 0 saturated carbocycles. The second kappa shape index (κ2) is 5.69. The monoisotopic (exact) mass is 278 g/mol. The third-order valence-corrected chi connectivity index (χ3v) is 2.90.